The number of nitrogens with one attached hydrogen (secondary N) is 1. The van der Waals surface area contributed by atoms with Crippen molar-refractivity contribution in [2.24, 2.45) is 5.73 Å². The Balaban J connectivity index is 2.36. The summed E-state index contributed by atoms with van der Waals surface area (Å²) in [5, 5.41) is 12.0. The van der Waals surface area contributed by atoms with E-state index in [2.05, 4.69) is 29.4 Å². The molecule has 0 unspecified atom stereocenters. The summed E-state index contributed by atoms with van der Waals surface area (Å²) in [6.07, 6.45) is 4.38. The molecule has 1 saturated carbocycles. The summed E-state index contributed by atoms with van der Waals surface area (Å²) in [7, 11) is 0. The van der Waals surface area contributed by atoms with Gasteiger partial charge in [0.05, 0.1) is 5.69 Å². The van der Waals surface area contributed by atoms with Crippen molar-refractivity contribution in [1.82, 2.24) is 10.2 Å². The highest BCUT2D eigenvalue weighted by atomic mass is 15.2. The fraction of sp³-hybridized carbons (Fsp3) is 0.667. The average molecular weight is 220 g/mol. The van der Waals surface area contributed by atoms with Crippen LogP contribution in [0.15, 0.2) is 0 Å². The summed E-state index contributed by atoms with van der Waals surface area (Å²) in [6, 6.07) is 0.594. The summed E-state index contributed by atoms with van der Waals surface area (Å²) >= 11 is 0. The van der Waals surface area contributed by atoms with Crippen LogP contribution in [-0.2, 0) is 19.4 Å². The fourth-order valence-electron chi connectivity index (χ4n) is 2.01. The molecule has 2 rings (SSSR count). The predicted molar refractivity (Wildman–Crippen MR) is 65.3 cm³/mol. The van der Waals surface area contributed by atoms with E-state index in [-0.39, 0.29) is 0 Å². The molecule has 0 atom stereocenters. The Labute approximate surface area is 96.6 Å². The quantitative estimate of drug-likeness (QED) is 0.791. The Morgan fingerprint density at radius 3 is 2.44 bits per heavy atom. The van der Waals surface area contributed by atoms with Crippen LogP contribution in [-0.4, -0.2) is 16.2 Å². The lowest BCUT2D eigenvalue weighted by molar-refractivity contribution is 0.839. The molecule has 0 aliphatic heterocycles. The predicted octanol–water partition coefficient (Wildman–Crippen LogP) is 1.63. The van der Waals surface area contributed by atoms with E-state index in [0.29, 0.717) is 12.6 Å². The number of nitrogens with two attached hydrogens (primary N) is 1. The van der Waals surface area contributed by atoms with Crippen LogP contribution in [0.4, 0.5) is 5.82 Å². The summed E-state index contributed by atoms with van der Waals surface area (Å²) in [5.41, 5.74) is 9.36. The number of anilines is 1. The molecule has 1 aromatic heterocycles. The van der Waals surface area contributed by atoms with Crippen molar-refractivity contribution in [3.05, 3.63) is 16.8 Å². The van der Waals surface area contributed by atoms with Crippen LogP contribution in [0.5, 0.6) is 0 Å². The zero-order chi connectivity index (χ0) is 11.5. The number of nitrogens with zero attached hydrogens (tertiary/aromatic N) is 2. The molecule has 88 valence electrons. The molecule has 1 aromatic rings. The van der Waals surface area contributed by atoms with Gasteiger partial charge in [-0.2, -0.15) is 5.10 Å². The van der Waals surface area contributed by atoms with E-state index in [1.54, 1.807) is 0 Å². The average Bonchev–Trinajstić information content (AvgIpc) is 3.12. The van der Waals surface area contributed by atoms with E-state index < -0.39 is 0 Å². The molecule has 1 heterocycles. The standard InChI is InChI=1S/C12H20N4/c1-3-9-10(7-13)12(14-8-5-6-8)16-15-11(9)4-2/h8H,3-7,13H2,1-2H3,(H,14,16). The van der Waals surface area contributed by atoms with Crippen molar-refractivity contribution < 1.29 is 0 Å². The molecule has 0 bridgehead atoms. The first kappa shape index (κ1) is 11.3. The number of aromatic nitrogens is 2. The minimum atomic E-state index is 0.542. The minimum Gasteiger partial charge on any atom is -0.366 e. The number of hydrogen-bond donors (Lipinski definition) is 2. The Hall–Kier alpha value is -1.16. The molecule has 0 radical (unpaired) electrons. The molecule has 0 saturated heterocycles. The number of aryl methyl sites for hydroxylation is 1. The zero-order valence-electron chi connectivity index (χ0n) is 10.1. The van der Waals surface area contributed by atoms with Gasteiger partial charge in [-0.1, -0.05) is 13.8 Å². The van der Waals surface area contributed by atoms with Gasteiger partial charge < -0.3 is 11.1 Å². The van der Waals surface area contributed by atoms with Crippen LogP contribution in [0.1, 0.15) is 43.5 Å². The molecular formula is C12H20N4. The largest absolute Gasteiger partial charge is 0.366 e. The monoisotopic (exact) mass is 220 g/mol. The molecule has 16 heavy (non-hydrogen) atoms. The SMILES string of the molecule is CCc1nnc(NC2CC2)c(CN)c1CC. The molecule has 4 heteroatoms. The first-order chi connectivity index (χ1) is 7.80. The van der Waals surface area contributed by atoms with Gasteiger partial charge in [-0.3, -0.25) is 0 Å². The highest BCUT2D eigenvalue weighted by Crippen LogP contribution is 2.27. The van der Waals surface area contributed by atoms with Gasteiger partial charge in [-0.25, -0.2) is 0 Å². The molecule has 3 N–H and O–H groups in total. The van der Waals surface area contributed by atoms with E-state index in [9.17, 15) is 0 Å². The number of rotatable bonds is 5. The smallest absolute Gasteiger partial charge is 0.153 e. The molecule has 1 aliphatic rings. The molecular weight excluding hydrogens is 200 g/mol. The summed E-state index contributed by atoms with van der Waals surface area (Å²) in [4.78, 5) is 0. The van der Waals surface area contributed by atoms with Crippen molar-refractivity contribution in [3.8, 4) is 0 Å². The van der Waals surface area contributed by atoms with E-state index in [1.165, 1.54) is 18.4 Å². The molecule has 4 nitrogen and oxygen atoms in total. The first-order valence-electron chi connectivity index (χ1n) is 6.14. The maximum absolute atomic E-state index is 5.84. The first-order valence-corrected chi connectivity index (χ1v) is 6.14. The lowest BCUT2D eigenvalue weighted by atomic mass is 10.0. The summed E-state index contributed by atoms with van der Waals surface area (Å²) < 4.78 is 0. The van der Waals surface area contributed by atoms with Gasteiger partial charge in [0.1, 0.15) is 0 Å². The minimum absolute atomic E-state index is 0.542. The molecule has 1 aliphatic carbocycles. The second kappa shape index (κ2) is 4.78. The van der Waals surface area contributed by atoms with Crippen molar-refractivity contribution >= 4 is 5.82 Å². The van der Waals surface area contributed by atoms with Crippen LogP contribution >= 0.6 is 0 Å². The Morgan fingerprint density at radius 1 is 1.19 bits per heavy atom. The van der Waals surface area contributed by atoms with Crippen LogP contribution < -0.4 is 11.1 Å². The van der Waals surface area contributed by atoms with Crippen LogP contribution in [0.3, 0.4) is 0 Å². The maximum atomic E-state index is 5.84. The van der Waals surface area contributed by atoms with E-state index in [4.69, 9.17) is 5.73 Å². The Kier molecular flexibility index (Phi) is 3.39. The van der Waals surface area contributed by atoms with Crippen LogP contribution in [0, 0.1) is 0 Å². The number of hydrogen-bond acceptors (Lipinski definition) is 4. The Bertz CT molecular complexity index is 372. The third kappa shape index (κ3) is 2.16. The summed E-state index contributed by atoms with van der Waals surface area (Å²) in [5.74, 6) is 0.902. The molecule has 0 aromatic carbocycles. The van der Waals surface area contributed by atoms with Gasteiger partial charge in [0, 0.05) is 18.2 Å². The van der Waals surface area contributed by atoms with Crippen molar-refractivity contribution in [2.45, 2.75) is 52.1 Å². The lowest BCUT2D eigenvalue weighted by Gasteiger charge is -2.14. The van der Waals surface area contributed by atoms with Crippen molar-refractivity contribution in [3.63, 3.8) is 0 Å². The van der Waals surface area contributed by atoms with Crippen LogP contribution in [0.25, 0.3) is 0 Å². The van der Waals surface area contributed by atoms with Gasteiger partial charge in [-0.15, -0.1) is 5.10 Å². The topological polar surface area (TPSA) is 63.8 Å². The molecule has 1 fully saturated rings. The van der Waals surface area contributed by atoms with Gasteiger partial charge in [0.25, 0.3) is 0 Å². The fourth-order valence-corrected chi connectivity index (χ4v) is 2.01. The van der Waals surface area contributed by atoms with E-state index in [0.717, 1.165) is 29.9 Å². The van der Waals surface area contributed by atoms with Crippen molar-refractivity contribution in [1.29, 1.82) is 0 Å². The third-order valence-electron chi connectivity index (χ3n) is 3.08. The summed E-state index contributed by atoms with van der Waals surface area (Å²) in [6.45, 7) is 4.80. The van der Waals surface area contributed by atoms with E-state index in [1.807, 2.05) is 0 Å². The van der Waals surface area contributed by atoms with Gasteiger partial charge in [0.15, 0.2) is 5.82 Å². The normalized spacial score (nSPS) is 15.2. The van der Waals surface area contributed by atoms with Gasteiger partial charge in [0.2, 0.25) is 0 Å². The second-order valence-electron chi connectivity index (χ2n) is 4.28. The Morgan fingerprint density at radius 2 is 1.94 bits per heavy atom. The highest BCUT2D eigenvalue weighted by molar-refractivity contribution is 5.50. The van der Waals surface area contributed by atoms with E-state index >= 15 is 0 Å². The van der Waals surface area contributed by atoms with Crippen molar-refractivity contribution in [2.75, 3.05) is 5.32 Å². The lowest BCUT2D eigenvalue weighted by Crippen LogP contribution is -2.15. The molecule has 0 spiro atoms. The van der Waals surface area contributed by atoms with Crippen LogP contribution in [0.2, 0.25) is 0 Å². The molecule has 0 amide bonds. The van der Waals surface area contributed by atoms with Gasteiger partial charge >= 0.3 is 0 Å². The second-order valence-corrected chi connectivity index (χ2v) is 4.28. The highest BCUT2D eigenvalue weighted by Gasteiger charge is 2.23. The maximum Gasteiger partial charge on any atom is 0.153 e. The third-order valence-corrected chi connectivity index (χ3v) is 3.08. The van der Waals surface area contributed by atoms with Gasteiger partial charge in [-0.05, 0) is 31.2 Å². The zero-order valence-corrected chi connectivity index (χ0v) is 10.1.